The van der Waals surface area contributed by atoms with Crippen LogP contribution >= 0.6 is 11.3 Å². The zero-order valence-corrected chi connectivity index (χ0v) is 16.1. The number of hydrogen-bond acceptors (Lipinski definition) is 3. The zero-order chi connectivity index (χ0) is 18.8. The lowest BCUT2D eigenvalue weighted by Gasteiger charge is -2.10. The molecule has 0 saturated heterocycles. The van der Waals surface area contributed by atoms with Crippen molar-refractivity contribution >= 4 is 22.8 Å². The van der Waals surface area contributed by atoms with Crippen molar-refractivity contribution in [1.29, 1.82) is 0 Å². The summed E-state index contributed by atoms with van der Waals surface area (Å²) in [5.74, 6) is 1.03. The van der Waals surface area contributed by atoms with E-state index in [1.54, 1.807) is 11.3 Å². The van der Waals surface area contributed by atoms with Gasteiger partial charge < -0.3 is 5.32 Å². The number of benzene rings is 2. The molecule has 0 atom stereocenters. The van der Waals surface area contributed by atoms with Crippen LogP contribution in [0, 0.1) is 0 Å². The molecule has 28 heavy (non-hydrogen) atoms. The third kappa shape index (κ3) is 3.19. The average molecular weight is 382 g/mol. The van der Waals surface area contributed by atoms with Crippen LogP contribution in [0.1, 0.15) is 5.56 Å². The maximum absolute atomic E-state index is 4.91. The molecule has 1 N–H and O–H groups in total. The van der Waals surface area contributed by atoms with E-state index >= 15 is 0 Å². The van der Waals surface area contributed by atoms with E-state index in [1.165, 1.54) is 21.6 Å². The number of imidazole rings is 1. The Kier molecular flexibility index (Phi) is 4.39. The molecule has 0 spiro atoms. The SMILES string of the molecule is c1ccc(CNc2c(-c3cccs3)nc3ccc(-c4ccccc4)cn23)cc1. The molecule has 0 bridgehead atoms. The van der Waals surface area contributed by atoms with E-state index in [9.17, 15) is 0 Å². The van der Waals surface area contributed by atoms with Gasteiger partial charge in [-0.2, -0.15) is 0 Å². The number of nitrogens with zero attached hydrogens (tertiary/aromatic N) is 2. The maximum Gasteiger partial charge on any atom is 0.139 e. The standard InChI is InChI=1S/C24H19N3S/c1-3-8-18(9-4-1)16-25-24-23(21-12-7-15-28-21)26-22-14-13-20(17-27(22)24)19-10-5-2-6-11-19/h1-15,17,25H,16H2. The van der Waals surface area contributed by atoms with E-state index in [0.29, 0.717) is 0 Å². The predicted molar refractivity (Wildman–Crippen MR) is 118 cm³/mol. The summed E-state index contributed by atoms with van der Waals surface area (Å²) in [6, 6.07) is 29.3. The van der Waals surface area contributed by atoms with E-state index in [1.807, 2.05) is 12.1 Å². The number of rotatable bonds is 5. The van der Waals surface area contributed by atoms with Crippen molar-refractivity contribution in [1.82, 2.24) is 9.38 Å². The van der Waals surface area contributed by atoms with Crippen LogP contribution in [0.2, 0.25) is 0 Å². The largest absolute Gasteiger partial charge is 0.365 e. The highest BCUT2D eigenvalue weighted by Gasteiger charge is 2.15. The topological polar surface area (TPSA) is 29.3 Å². The van der Waals surface area contributed by atoms with Gasteiger partial charge in [0.05, 0.1) is 4.88 Å². The van der Waals surface area contributed by atoms with Crippen molar-refractivity contribution in [2.75, 3.05) is 5.32 Å². The Balaban J connectivity index is 1.62. The molecule has 0 amide bonds. The Bertz CT molecular complexity index is 1190. The molecule has 0 radical (unpaired) electrons. The van der Waals surface area contributed by atoms with Gasteiger partial charge in [0.2, 0.25) is 0 Å². The summed E-state index contributed by atoms with van der Waals surface area (Å²) in [4.78, 5) is 6.08. The second-order valence-corrected chi connectivity index (χ2v) is 7.59. The quantitative estimate of drug-likeness (QED) is 0.385. The van der Waals surface area contributed by atoms with Gasteiger partial charge in [-0.1, -0.05) is 66.7 Å². The van der Waals surface area contributed by atoms with Crippen molar-refractivity contribution in [2.45, 2.75) is 6.54 Å². The van der Waals surface area contributed by atoms with Crippen LogP contribution in [0.5, 0.6) is 0 Å². The van der Waals surface area contributed by atoms with Gasteiger partial charge in [0.15, 0.2) is 0 Å². The van der Waals surface area contributed by atoms with Gasteiger partial charge in [-0.05, 0) is 40.3 Å². The Morgan fingerprint density at radius 3 is 2.32 bits per heavy atom. The highest BCUT2D eigenvalue weighted by atomic mass is 32.1. The first kappa shape index (κ1) is 16.8. The van der Waals surface area contributed by atoms with E-state index < -0.39 is 0 Å². The van der Waals surface area contributed by atoms with Crippen molar-refractivity contribution < 1.29 is 0 Å². The number of nitrogens with one attached hydrogen (secondary N) is 1. The Morgan fingerprint density at radius 2 is 1.57 bits per heavy atom. The van der Waals surface area contributed by atoms with E-state index in [-0.39, 0.29) is 0 Å². The van der Waals surface area contributed by atoms with Crippen LogP contribution in [0.3, 0.4) is 0 Å². The van der Waals surface area contributed by atoms with Gasteiger partial charge >= 0.3 is 0 Å². The fourth-order valence-corrected chi connectivity index (χ4v) is 4.10. The molecule has 0 aliphatic carbocycles. The number of aromatic nitrogens is 2. The van der Waals surface area contributed by atoms with Crippen molar-refractivity contribution in [3.8, 4) is 21.7 Å². The van der Waals surface area contributed by atoms with E-state index in [4.69, 9.17) is 4.98 Å². The van der Waals surface area contributed by atoms with Crippen LogP contribution in [-0.2, 0) is 6.54 Å². The third-order valence-electron chi connectivity index (χ3n) is 4.78. The summed E-state index contributed by atoms with van der Waals surface area (Å²) in [5, 5.41) is 5.72. The lowest BCUT2D eigenvalue weighted by atomic mass is 10.1. The Labute approximate surface area is 167 Å². The highest BCUT2D eigenvalue weighted by Crippen LogP contribution is 2.33. The lowest BCUT2D eigenvalue weighted by Crippen LogP contribution is -2.03. The Hall–Kier alpha value is -3.37. The van der Waals surface area contributed by atoms with Crippen molar-refractivity contribution in [2.24, 2.45) is 0 Å². The first-order chi connectivity index (χ1) is 13.9. The minimum absolute atomic E-state index is 0.753. The molecule has 2 aromatic carbocycles. The number of anilines is 1. The molecule has 0 aliphatic heterocycles. The van der Waals surface area contributed by atoms with Crippen LogP contribution in [0.15, 0.2) is 96.5 Å². The van der Waals surface area contributed by atoms with Crippen LogP contribution in [-0.4, -0.2) is 9.38 Å². The van der Waals surface area contributed by atoms with Gasteiger partial charge in [0.25, 0.3) is 0 Å². The fraction of sp³-hybridized carbons (Fsp3) is 0.0417. The monoisotopic (exact) mass is 381 g/mol. The zero-order valence-electron chi connectivity index (χ0n) is 15.2. The van der Waals surface area contributed by atoms with Crippen LogP contribution in [0.25, 0.3) is 27.3 Å². The second-order valence-electron chi connectivity index (χ2n) is 6.64. The molecule has 0 saturated carbocycles. The minimum atomic E-state index is 0.753. The number of thiophene rings is 1. The molecule has 3 heterocycles. The molecule has 4 heteroatoms. The van der Waals surface area contributed by atoms with Crippen molar-refractivity contribution in [3.63, 3.8) is 0 Å². The molecule has 136 valence electrons. The fourth-order valence-electron chi connectivity index (χ4n) is 3.38. The summed E-state index contributed by atoms with van der Waals surface area (Å²) < 4.78 is 2.17. The molecular formula is C24H19N3S. The third-order valence-corrected chi connectivity index (χ3v) is 5.66. The molecular weight excluding hydrogens is 362 g/mol. The summed E-state index contributed by atoms with van der Waals surface area (Å²) in [5.41, 5.74) is 5.55. The highest BCUT2D eigenvalue weighted by molar-refractivity contribution is 7.13. The van der Waals surface area contributed by atoms with E-state index in [0.717, 1.165) is 23.7 Å². The lowest BCUT2D eigenvalue weighted by molar-refractivity contribution is 1.09. The predicted octanol–water partition coefficient (Wildman–Crippen LogP) is 6.34. The summed E-state index contributed by atoms with van der Waals surface area (Å²) in [7, 11) is 0. The first-order valence-electron chi connectivity index (χ1n) is 9.28. The van der Waals surface area contributed by atoms with Gasteiger partial charge in [0.1, 0.15) is 17.2 Å². The van der Waals surface area contributed by atoms with E-state index in [2.05, 4.69) is 94.1 Å². The summed E-state index contributed by atoms with van der Waals surface area (Å²) in [6.45, 7) is 0.753. The second kappa shape index (κ2) is 7.33. The Morgan fingerprint density at radius 1 is 0.786 bits per heavy atom. The average Bonchev–Trinajstić information content (AvgIpc) is 3.41. The molecule has 3 aromatic heterocycles. The molecule has 5 aromatic rings. The van der Waals surface area contributed by atoms with Gasteiger partial charge in [0, 0.05) is 12.7 Å². The molecule has 0 fully saturated rings. The number of fused-ring (bicyclic) bond motifs is 1. The smallest absolute Gasteiger partial charge is 0.139 e. The van der Waals surface area contributed by atoms with Crippen LogP contribution in [0.4, 0.5) is 5.82 Å². The minimum Gasteiger partial charge on any atom is -0.365 e. The molecule has 0 unspecified atom stereocenters. The molecule has 3 nitrogen and oxygen atoms in total. The first-order valence-corrected chi connectivity index (χ1v) is 10.2. The van der Waals surface area contributed by atoms with Gasteiger partial charge in [-0.15, -0.1) is 11.3 Å². The number of pyridine rings is 1. The summed E-state index contributed by atoms with van der Waals surface area (Å²) in [6.07, 6.45) is 2.17. The normalized spacial score (nSPS) is 11.0. The number of hydrogen-bond donors (Lipinski definition) is 1. The molecule has 5 rings (SSSR count). The maximum atomic E-state index is 4.91. The van der Waals surface area contributed by atoms with Crippen LogP contribution < -0.4 is 5.32 Å². The van der Waals surface area contributed by atoms with Crippen molar-refractivity contribution in [3.05, 3.63) is 102 Å². The van der Waals surface area contributed by atoms with Gasteiger partial charge in [-0.3, -0.25) is 4.40 Å². The summed E-state index contributed by atoms with van der Waals surface area (Å²) >= 11 is 1.71. The van der Waals surface area contributed by atoms with Gasteiger partial charge in [-0.25, -0.2) is 4.98 Å². The molecule has 0 aliphatic rings.